The summed E-state index contributed by atoms with van der Waals surface area (Å²) in [7, 11) is 3.68. The summed E-state index contributed by atoms with van der Waals surface area (Å²) in [5.74, 6) is -0.334. The Morgan fingerprint density at radius 2 is 2.24 bits per heavy atom. The molecule has 0 amide bonds. The SMILES string of the molecule is CNC(c1cnn(C)c1)c1ccc(F)cc1Cl. The van der Waals surface area contributed by atoms with Gasteiger partial charge in [0, 0.05) is 23.8 Å². The smallest absolute Gasteiger partial charge is 0.124 e. The third-order valence-corrected chi connectivity index (χ3v) is 2.95. The first kappa shape index (κ1) is 12.1. The van der Waals surface area contributed by atoms with Crippen LogP contribution in [0.4, 0.5) is 4.39 Å². The van der Waals surface area contributed by atoms with E-state index in [1.54, 1.807) is 16.9 Å². The third-order valence-electron chi connectivity index (χ3n) is 2.62. The normalized spacial score (nSPS) is 12.7. The average Bonchev–Trinajstić information content (AvgIpc) is 2.69. The highest BCUT2D eigenvalue weighted by molar-refractivity contribution is 6.31. The van der Waals surface area contributed by atoms with Crippen molar-refractivity contribution in [3.63, 3.8) is 0 Å². The van der Waals surface area contributed by atoms with Gasteiger partial charge >= 0.3 is 0 Å². The highest BCUT2D eigenvalue weighted by Crippen LogP contribution is 2.28. The van der Waals surface area contributed by atoms with Gasteiger partial charge in [-0.15, -0.1) is 0 Å². The van der Waals surface area contributed by atoms with E-state index in [1.165, 1.54) is 12.1 Å². The summed E-state index contributed by atoms with van der Waals surface area (Å²) in [5, 5.41) is 7.68. The minimum absolute atomic E-state index is 0.0863. The Hall–Kier alpha value is -1.39. The fourth-order valence-corrected chi connectivity index (χ4v) is 2.10. The lowest BCUT2D eigenvalue weighted by Crippen LogP contribution is -2.17. The molecule has 0 aliphatic rings. The molecule has 0 saturated carbocycles. The number of aromatic nitrogens is 2. The van der Waals surface area contributed by atoms with Crippen LogP contribution < -0.4 is 5.32 Å². The maximum absolute atomic E-state index is 13.0. The van der Waals surface area contributed by atoms with E-state index in [1.807, 2.05) is 20.3 Å². The van der Waals surface area contributed by atoms with Crippen LogP contribution in [-0.2, 0) is 7.05 Å². The standard InChI is InChI=1S/C12H13ClFN3/c1-15-12(8-6-16-17(2)7-8)10-4-3-9(14)5-11(10)13/h3-7,12,15H,1-2H3. The summed E-state index contributed by atoms with van der Waals surface area (Å²) < 4.78 is 14.7. The minimum Gasteiger partial charge on any atom is -0.309 e. The van der Waals surface area contributed by atoms with Crippen molar-refractivity contribution >= 4 is 11.6 Å². The van der Waals surface area contributed by atoms with E-state index in [2.05, 4.69) is 10.4 Å². The van der Waals surface area contributed by atoms with Crippen molar-refractivity contribution in [3.8, 4) is 0 Å². The second-order valence-electron chi connectivity index (χ2n) is 3.83. The molecular weight excluding hydrogens is 241 g/mol. The summed E-state index contributed by atoms with van der Waals surface area (Å²) in [6.45, 7) is 0. The largest absolute Gasteiger partial charge is 0.309 e. The predicted octanol–water partition coefficient (Wildman–Crippen LogP) is 2.52. The third kappa shape index (κ3) is 2.48. The predicted molar refractivity (Wildman–Crippen MR) is 65.5 cm³/mol. The van der Waals surface area contributed by atoms with Crippen LogP contribution in [0.15, 0.2) is 30.6 Å². The summed E-state index contributed by atoms with van der Waals surface area (Å²) >= 11 is 6.05. The van der Waals surface area contributed by atoms with Gasteiger partial charge in [-0.2, -0.15) is 5.10 Å². The first-order valence-corrected chi connectivity index (χ1v) is 5.60. The summed E-state index contributed by atoms with van der Waals surface area (Å²) in [6, 6.07) is 4.32. The first-order chi connectivity index (χ1) is 8.11. The molecule has 1 N–H and O–H groups in total. The first-order valence-electron chi connectivity index (χ1n) is 5.22. The molecule has 0 spiro atoms. The van der Waals surface area contributed by atoms with Gasteiger partial charge in [0.15, 0.2) is 0 Å². The second kappa shape index (κ2) is 4.85. The van der Waals surface area contributed by atoms with Crippen molar-refractivity contribution in [1.29, 1.82) is 0 Å². The lowest BCUT2D eigenvalue weighted by molar-refractivity contribution is 0.623. The molecule has 90 valence electrons. The number of rotatable bonds is 3. The van der Waals surface area contributed by atoms with Gasteiger partial charge in [0.1, 0.15) is 5.82 Å². The van der Waals surface area contributed by atoms with Crippen LogP contribution >= 0.6 is 11.6 Å². The van der Waals surface area contributed by atoms with Gasteiger partial charge in [0.2, 0.25) is 0 Å². The zero-order chi connectivity index (χ0) is 12.4. The molecule has 2 aromatic rings. The van der Waals surface area contributed by atoms with Crippen LogP contribution in [0.1, 0.15) is 17.2 Å². The molecule has 1 heterocycles. The molecule has 1 atom stereocenters. The topological polar surface area (TPSA) is 29.9 Å². The van der Waals surface area contributed by atoms with Crippen molar-refractivity contribution < 1.29 is 4.39 Å². The van der Waals surface area contributed by atoms with Gasteiger partial charge in [-0.3, -0.25) is 4.68 Å². The molecule has 3 nitrogen and oxygen atoms in total. The molecule has 0 saturated heterocycles. The Labute approximate surface area is 104 Å². The molecule has 2 rings (SSSR count). The van der Waals surface area contributed by atoms with Gasteiger partial charge in [0.05, 0.1) is 12.2 Å². The van der Waals surface area contributed by atoms with Gasteiger partial charge in [0.25, 0.3) is 0 Å². The highest BCUT2D eigenvalue weighted by atomic mass is 35.5. The molecular formula is C12H13ClFN3. The van der Waals surface area contributed by atoms with E-state index >= 15 is 0 Å². The maximum atomic E-state index is 13.0. The molecule has 0 bridgehead atoms. The van der Waals surface area contributed by atoms with Crippen LogP contribution in [0.2, 0.25) is 5.02 Å². The number of nitrogens with one attached hydrogen (secondary N) is 1. The Balaban J connectivity index is 2.42. The lowest BCUT2D eigenvalue weighted by Gasteiger charge is -2.16. The Bertz CT molecular complexity index is 524. The molecule has 1 aromatic carbocycles. The van der Waals surface area contributed by atoms with Gasteiger partial charge in [-0.05, 0) is 24.7 Å². The van der Waals surface area contributed by atoms with Crippen LogP contribution in [0, 0.1) is 5.82 Å². The Morgan fingerprint density at radius 1 is 1.47 bits per heavy atom. The second-order valence-corrected chi connectivity index (χ2v) is 4.24. The lowest BCUT2D eigenvalue weighted by atomic mass is 10.0. The van der Waals surface area contributed by atoms with E-state index in [9.17, 15) is 4.39 Å². The number of aryl methyl sites for hydroxylation is 1. The van der Waals surface area contributed by atoms with Crippen molar-refractivity contribution in [2.24, 2.45) is 7.05 Å². The average molecular weight is 254 g/mol. The molecule has 5 heteroatoms. The van der Waals surface area contributed by atoms with E-state index in [0.29, 0.717) is 5.02 Å². The summed E-state index contributed by atoms with van der Waals surface area (Å²) in [5.41, 5.74) is 1.83. The monoisotopic (exact) mass is 253 g/mol. The van der Waals surface area contributed by atoms with Crippen LogP contribution in [0.25, 0.3) is 0 Å². The van der Waals surface area contributed by atoms with E-state index in [4.69, 9.17) is 11.6 Å². The Kier molecular flexibility index (Phi) is 3.45. The fourth-order valence-electron chi connectivity index (χ4n) is 1.83. The number of nitrogens with zero attached hydrogens (tertiary/aromatic N) is 2. The molecule has 1 aromatic heterocycles. The number of hydrogen-bond acceptors (Lipinski definition) is 2. The molecule has 1 unspecified atom stereocenters. The molecule has 17 heavy (non-hydrogen) atoms. The molecule has 0 aliphatic heterocycles. The zero-order valence-corrected chi connectivity index (χ0v) is 10.4. The minimum atomic E-state index is -0.334. The highest BCUT2D eigenvalue weighted by Gasteiger charge is 2.16. The summed E-state index contributed by atoms with van der Waals surface area (Å²) in [4.78, 5) is 0. The zero-order valence-electron chi connectivity index (χ0n) is 9.61. The quantitative estimate of drug-likeness (QED) is 0.911. The van der Waals surface area contributed by atoms with Crippen molar-refractivity contribution in [3.05, 3.63) is 52.6 Å². The number of halogens is 2. The van der Waals surface area contributed by atoms with Gasteiger partial charge in [-0.25, -0.2) is 4.39 Å². The van der Waals surface area contributed by atoms with E-state index in [-0.39, 0.29) is 11.9 Å². The maximum Gasteiger partial charge on any atom is 0.124 e. The number of benzene rings is 1. The van der Waals surface area contributed by atoms with E-state index < -0.39 is 0 Å². The number of hydrogen-bond donors (Lipinski definition) is 1. The van der Waals surface area contributed by atoms with Crippen LogP contribution in [0.3, 0.4) is 0 Å². The Morgan fingerprint density at radius 3 is 2.76 bits per heavy atom. The molecule has 0 radical (unpaired) electrons. The molecule has 0 fully saturated rings. The van der Waals surface area contributed by atoms with Crippen molar-refractivity contribution in [2.75, 3.05) is 7.05 Å². The van der Waals surface area contributed by atoms with Crippen LogP contribution in [0.5, 0.6) is 0 Å². The van der Waals surface area contributed by atoms with Crippen LogP contribution in [-0.4, -0.2) is 16.8 Å². The van der Waals surface area contributed by atoms with Gasteiger partial charge in [-0.1, -0.05) is 17.7 Å². The van der Waals surface area contributed by atoms with Crippen molar-refractivity contribution in [2.45, 2.75) is 6.04 Å². The molecule has 0 aliphatic carbocycles. The van der Waals surface area contributed by atoms with E-state index in [0.717, 1.165) is 11.1 Å². The van der Waals surface area contributed by atoms with Gasteiger partial charge < -0.3 is 5.32 Å². The fraction of sp³-hybridized carbons (Fsp3) is 0.250. The van der Waals surface area contributed by atoms with Crippen molar-refractivity contribution in [1.82, 2.24) is 15.1 Å². The summed E-state index contributed by atoms with van der Waals surface area (Å²) in [6.07, 6.45) is 3.67.